The van der Waals surface area contributed by atoms with Gasteiger partial charge in [-0.3, -0.25) is 4.90 Å². The lowest BCUT2D eigenvalue weighted by Crippen LogP contribution is -2.44. The van der Waals surface area contributed by atoms with Crippen molar-refractivity contribution >= 4 is 0 Å². The van der Waals surface area contributed by atoms with Gasteiger partial charge in [0.15, 0.2) is 0 Å². The first-order chi connectivity index (χ1) is 5.92. The van der Waals surface area contributed by atoms with E-state index in [0.717, 1.165) is 18.5 Å². The van der Waals surface area contributed by atoms with Crippen molar-refractivity contribution in [2.45, 2.75) is 18.9 Å². The van der Waals surface area contributed by atoms with Gasteiger partial charge in [-0.1, -0.05) is 6.08 Å². The van der Waals surface area contributed by atoms with E-state index in [1.54, 1.807) is 0 Å². The number of rotatable bonds is 2. The van der Waals surface area contributed by atoms with Crippen LogP contribution in [0.15, 0.2) is 12.7 Å². The van der Waals surface area contributed by atoms with Gasteiger partial charge in [-0.2, -0.15) is 0 Å². The second-order valence-electron chi connectivity index (χ2n) is 3.91. The Balaban J connectivity index is 1.98. The van der Waals surface area contributed by atoms with Crippen LogP contribution in [-0.2, 0) is 0 Å². The molecule has 0 aromatic heterocycles. The Hall–Kier alpha value is -0.340. The fourth-order valence-electron chi connectivity index (χ4n) is 2.56. The van der Waals surface area contributed by atoms with Gasteiger partial charge >= 0.3 is 0 Å². The Morgan fingerprint density at radius 2 is 2.42 bits per heavy atom. The fraction of sp³-hybridized carbons (Fsp3) is 0.800. The summed E-state index contributed by atoms with van der Waals surface area (Å²) < 4.78 is 0. The molecule has 2 aliphatic heterocycles. The summed E-state index contributed by atoms with van der Waals surface area (Å²) in [7, 11) is 0. The minimum absolute atomic E-state index is 0.803. The molecule has 0 aromatic rings. The highest BCUT2D eigenvalue weighted by molar-refractivity contribution is 4.93. The number of likely N-dealkylation sites (tertiary alicyclic amines) is 1. The molecule has 0 aliphatic carbocycles. The lowest BCUT2D eigenvalue weighted by atomic mass is 9.92. The molecule has 2 unspecified atom stereocenters. The summed E-state index contributed by atoms with van der Waals surface area (Å²) in [6.07, 6.45) is 4.82. The lowest BCUT2D eigenvalue weighted by molar-refractivity contribution is 0.140. The maximum absolute atomic E-state index is 3.81. The zero-order chi connectivity index (χ0) is 8.39. The van der Waals surface area contributed by atoms with E-state index in [2.05, 4.69) is 16.8 Å². The number of nitrogens with zero attached hydrogens (tertiary/aromatic N) is 1. The van der Waals surface area contributed by atoms with Crippen molar-refractivity contribution in [2.75, 3.05) is 26.2 Å². The molecule has 2 nitrogen and oxygen atoms in total. The molecule has 0 spiro atoms. The smallest absolute Gasteiger partial charge is 0.0264 e. The molecule has 12 heavy (non-hydrogen) atoms. The fourth-order valence-corrected chi connectivity index (χ4v) is 2.56. The molecule has 1 N–H and O–H groups in total. The monoisotopic (exact) mass is 166 g/mol. The van der Waals surface area contributed by atoms with Gasteiger partial charge in [-0.05, 0) is 31.8 Å². The van der Waals surface area contributed by atoms with Crippen LogP contribution >= 0.6 is 0 Å². The van der Waals surface area contributed by atoms with Gasteiger partial charge in [0, 0.05) is 19.1 Å². The quantitative estimate of drug-likeness (QED) is 0.612. The van der Waals surface area contributed by atoms with Crippen molar-refractivity contribution in [1.29, 1.82) is 0 Å². The van der Waals surface area contributed by atoms with E-state index in [1.165, 1.54) is 32.5 Å². The third-order valence-electron chi connectivity index (χ3n) is 3.16. The molecule has 0 amide bonds. The van der Waals surface area contributed by atoms with Crippen LogP contribution in [0.5, 0.6) is 0 Å². The second kappa shape index (κ2) is 3.58. The summed E-state index contributed by atoms with van der Waals surface area (Å²) in [6.45, 7) is 8.58. The minimum Gasteiger partial charge on any atom is -0.315 e. The number of fused-ring (bicyclic) bond motifs is 1. The van der Waals surface area contributed by atoms with E-state index < -0.39 is 0 Å². The van der Waals surface area contributed by atoms with Crippen LogP contribution in [-0.4, -0.2) is 37.1 Å². The zero-order valence-corrected chi connectivity index (χ0v) is 7.63. The summed E-state index contributed by atoms with van der Waals surface area (Å²) in [5.41, 5.74) is 0. The lowest BCUT2D eigenvalue weighted by Gasteiger charge is -2.36. The number of hydrogen-bond donors (Lipinski definition) is 1. The molecule has 2 heteroatoms. The number of nitrogens with one attached hydrogen (secondary N) is 1. The summed E-state index contributed by atoms with van der Waals surface area (Å²) in [4.78, 5) is 2.57. The van der Waals surface area contributed by atoms with Gasteiger partial charge in [0.2, 0.25) is 0 Å². The van der Waals surface area contributed by atoms with Gasteiger partial charge in [0.1, 0.15) is 0 Å². The first-order valence-corrected chi connectivity index (χ1v) is 4.97. The predicted molar refractivity (Wildman–Crippen MR) is 51.2 cm³/mol. The summed E-state index contributed by atoms with van der Waals surface area (Å²) in [6, 6.07) is 0.803. The third kappa shape index (κ3) is 1.41. The topological polar surface area (TPSA) is 15.3 Å². The van der Waals surface area contributed by atoms with Crippen molar-refractivity contribution in [2.24, 2.45) is 5.92 Å². The Morgan fingerprint density at radius 3 is 3.25 bits per heavy atom. The van der Waals surface area contributed by atoms with Crippen LogP contribution in [0.3, 0.4) is 0 Å². The third-order valence-corrected chi connectivity index (χ3v) is 3.16. The van der Waals surface area contributed by atoms with Gasteiger partial charge in [-0.15, -0.1) is 6.58 Å². The zero-order valence-electron chi connectivity index (χ0n) is 7.63. The minimum atomic E-state index is 0.803. The van der Waals surface area contributed by atoms with E-state index in [1.807, 2.05) is 6.08 Å². The molecule has 2 fully saturated rings. The van der Waals surface area contributed by atoms with Gasteiger partial charge in [0.05, 0.1) is 0 Å². The molecule has 0 saturated carbocycles. The number of piperidine rings is 1. The number of hydrogen-bond acceptors (Lipinski definition) is 2. The molecule has 0 radical (unpaired) electrons. The van der Waals surface area contributed by atoms with Crippen molar-refractivity contribution in [3.8, 4) is 0 Å². The summed E-state index contributed by atoms with van der Waals surface area (Å²) >= 11 is 0. The highest BCUT2D eigenvalue weighted by Crippen LogP contribution is 2.25. The average Bonchev–Trinajstić information content (AvgIpc) is 2.53. The average molecular weight is 166 g/mol. The molecule has 0 bridgehead atoms. The van der Waals surface area contributed by atoms with Crippen molar-refractivity contribution in [3.63, 3.8) is 0 Å². The largest absolute Gasteiger partial charge is 0.315 e. The van der Waals surface area contributed by atoms with Crippen molar-refractivity contribution < 1.29 is 0 Å². The maximum Gasteiger partial charge on any atom is 0.0264 e. The van der Waals surface area contributed by atoms with Crippen molar-refractivity contribution in [3.05, 3.63) is 12.7 Å². The van der Waals surface area contributed by atoms with Crippen LogP contribution < -0.4 is 5.32 Å². The Morgan fingerprint density at radius 1 is 1.50 bits per heavy atom. The molecule has 2 saturated heterocycles. The van der Waals surface area contributed by atoms with Crippen LogP contribution in [0.4, 0.5) is 0 Å². The van der Waals surface area contributed by atoms with Gasteiger partial charge in [0.25, 0.3) is 0 Å². The molecular weight excluding hydrogens is 148 g/mol. The highest BCUT2D eigenvalue weighted by atomic mass is 15.2. The van der Waals surface area contributed by atoms with Crippen LogP contribution in [0.25, 0.3) is 0 Å². The van der Waals surface area contributed by atoms with E-state index in [4.69, 9.17) is 0 Å². The van der Waals surface area contributed by atoms with Crippen LogP contribution in [0.2, 0.25) is 0 Å². The molecule has 2 atom stereocenters. The SMILES string of the molecule is C=CCN1CCCC2CNCC21. The summed E-state index contributed by atoms with van der Waals surface area (Å²) in [5, 5.41) is 3.48. The first-order valence-electron chi connectivity index (χ1n) is 4.97. The maximum atomic E-state index is 3.81. The summed E-state index contributed by atoms with van der Waals surface area (Å²) in [5.74, 6) is 0.915. The van der Waals surface area contributed by atoms with E-state index >= 15 is 0 Å². The molecular formula is C10H18N2. The molecule has 2 heterocycles. The molecule has 0 aromatic carbocycles. The Bertz CT molecular complexity index is 167. The van der Waals surface area contributed by atoms with Crippen LogP contribution in [0.1, 0.15) is 12.8 Å². The second-order valence-corrected chi connectivity index (χ2v) is 3.91. The molecule has 2 aliphatic rings. The Labute approximate surface area is 74.6 Å². The molecule has 2 rings (SSSR count). The highest BCUT2D eigenvalue weighted by Gasteiger charge is 2.33. The first kappa shape index (κ1) is 8.27. The van der Waals surface area contributed by atoms with E-state index in [-0.39, 0.29) is 0 Å². The van der Waals surface area contributed by atoms with Crippen LogP contribution in [0, 0.1) is 5.92 Å². The Kier molecular flexibility index (Phi) is 2.47. The predicted octanol–water partition coefficient (Wildman–Crippen LogP) is 0.856. The van der Waals surface area contributed by atoms with Gasteiger partial charge < -0.3 is 5.32 Å². The van der Waals surface area contributed by atoms with Gasteiger partial charge in [-0.25, -0.2) is 0 Å². The van der Waals surface area contributed by atoms with E-state index in [0.29, 0.717) is 0 Å². The van der Waals surface area contributed by atoms with E-state index in [9.17, 15) is 0 Å². The van der Waals surface area contributed by atoms with Crippen molar-refractivity contribution in [1.82, 2.24) is 10.2 Å². The molecule has 68 valence electrons. The normalized spacial score (nSPS) is 36.3. The standard InChI is InChI=1S/C10H18N2/c1-2-5-12-6-3-4-9-7-11-8-10(9)12/h2,9-11H,1,3-8H2.